The average Bonchev–Trinajstić information content (AvgIpc) is 3.33. The van der Waals surface area contributed by atoms with Gasteiger partial charge in [-0.1, -0.05) is 12.1 Å². The van der Waals surface area contributed by atoms with E-state index in [9.17, 15) is 14.0 Å². The van der Waals surface area contributed by atoms with Gasteiger partial charge in [0, 0.05) is 28.8 Å². The Hall–Kier alpha value is -2.78. The molecule has 6 nitrogen and oxygen atoms in total. The Balaban J connectivity index is 1.45. The molecule has 0 saturated heterocycles. The summed E-state index contributed by atoms with van der Waals surface area (Å²) < 4.78 is 18.2. The number of ether oxygens (including phenoxy) is 1. The van der Waals surface area contributed by atoms with Gasteiger partial charge in [-0.25, -0.2) is 9.37 Å². The van der Waals surface area contributed by atoms with Gasteiger partial charge in [0.2, 0.25) is 6.10 Å². The Labute approximate surface area is 175 Å². The van der Waals surface area contributed by atoms with Crippen molar-refractivity contribution < 1.29 is 18.7 Å². The van der Waals surface area contributed by atoms with E-state index in [0.717, 1.165) is 15.7 Å². The molecule has 0 fully saturated rings. The number of thiazole rings is 1. The minimum atomic E-state index is -1.23. The summed E-state index contributed by atoms with van der Waals surface area (Å²) in [6, 6.07) is 9.21. The quantitative estimate of drug-likeness (QED) is 0.388. The van der Waals surface area contributed by atoms with E-state index < -0.39 is 23.8 Å². The number of hydrogen-bond acceptors (Lipinski definition) is 7. The van der Waals surface area contributed by atoms with Crippen LogP contribution in [0.15, 0.2) is 41.8 Å². The molecule has 3 aromatic rings. The maximum Gasteiger partial charge on any atom is 0.306 e. The lowest BCUT2D eigenvalue weighted by Crippen LogP contribution is -2.26. The standard InChI is InChI=1S/C20H20FN3O3S2/c1-12-4-9-16(29-12)15-11-28-20(24-15)23-10-2-3-17(25)27-18(19(22)26)13-5-7-14(21)8-6-13/h4-9,11,18H,2-3,10H2,1H3,(H2,22,26)(H,23,24). The number of carbonyl (C=O) groups excluding carboxylic acids is 2. The van der Waals surface area contributed by atoms with Crippen LogP contribution in [-0.4, -0.2) is 23.4 Å². The third kappa shape index (κ3) is 5.85. The van der Waals surface area contributed by atoms with Crippen LogP contribution in [0, 0.1) is 12.7 Å². The third-order valence-corrected chi connectivity index (χ3v) is 5.83. The number of primary amides is 1. The van der Waals surface area contributed by atoms with Crippen molar-refractivity contribution in [3.05, 3.63) is 58.0 Å². The summed E-state index contributed by atoms with van der Waals surface area (Å²) >= 11 is 3.19. The van der Waals surface area contributed by atoms with E-state index in [2.05, 4.69) is 23.3 Å². The molecule has 2 aromatic heterocycles. The lowest BCUT2D eigenvalue weighted by Gasteiger charge is -2.15. The van der Waals surface area contributed by atoms with Crippen molar-refractivity contribution in [2.75, 3.05) is 11.9 Å². The van der Waals surface area contributed by atoms with Crippen LogP contribution in [0.3, 0.4) is 0 Å². The molecule has 0 saturated carbocycles. The third-order valence-electron chi connectivity index (χ3n) is 4.01. The van der Waals surface area contributed by atoms with Gasteiger partial charge in [0.1, 0.15) is 5.82 Å². The zero-order chi connectivity index (χ0) is 20.8. The van der Waals surface area contributed by atoms with Crippen molar-refractivity contribution in [3.63, 3.8) is 0 Å². The van der Waals surface area contributed by atoms with E-state index >= 15 is 0 Å². The number of anilines is 1. The number of aromatic nitrogens is 1. The fourth-order valence-corrected chi connectivity index (χ4v) is 4.23. The molecule has 9 heteroatoms. The number of benzene rings is 1. The van der Waals surface area contributed by atoms with E-state index in [4.69, 9.17) is 10.5 Å². The minimum Gasteiger partial charge on any atom is -0.447 e. The predicted octanol–water partition coefficient (Wildman–Crippen LogP) is 4.28. The summed E-state index contributed by atoms with van der Waals surface area (Å²) in [5.74, 6) is -1.80. The Kier molecular flexibility index (Phi) is 6.95. The van der Waals surface area contributed by atoms with Crippen LogP contribution in [0.2, 0.25) is 0 Å². The van der Waals surface area contributed by atoms with Crippen molar-refractivity contribution in [2.45, 2.75) is 25.9 Å². The lowest BCUT2D eigenvalue weighted by atomic mass is 10.1. The van der Waals surface area contributed by atoms with Gasteiger partial charge in [-0.15, -0.1) is 22.7 Å². The molecule has 0 aliphatic rings. The minimum absolute atomic E-state index is 0.111. The number of rotatable bonds is 9. The number of carbonyl (C=O) groups is 2. The summed E-state index contributed by atoms with van der Waals surface area (Å²) in [6.45, 7) is 2.58. The number of esters is 1. The van der Waals surface area contributed by atoms with Crippen molar-refractivity contribution in [1.29, 1.82) is 0 Å². The van der Waals surface area contributed by atoms with Crippen LogP contribution in [0.5, 0.6) is 0 Å². The van der Waals surface area contributed by atoms with E-state index in [1.165, 1.54) is 40.5 Å². The Morgan fingerprint density at radius 2 is 2.00 bits per heavy atom. The SMILES string of the molecule is Cc1ccc(-c2csc(NCCCC(=O)OC(C(N)=O)c3ccc(F)cc3)n2)s1. The number of amides is 1. The first kappa shape index (κ1) is 20.9. The molecule has 0 bridgehead atoms. The normalized spacial score (nSPS) is 11.8. The van der Waals surface area contributed by atoms with Gasteiger partial charge in [-0.3, -0.25) is 9.59 Å². The van der Waals surface area contributed by atoms with Crippen LogP contribution < -0.4 is 11.1 Å². The number of thiophene rings is 1. The molecule has 0 aliphatic carbocycles. The number of nitrogens with zero attached hydrogens (tertiary/aromatic N) is 1. The summed E-state index contributed by atoms with van der Waals surface area (Å²) in [7, 11) is 0. The lowest BCUT2D eigenvalue weighted by molar-refractivity contribution is -0.155. The molecular weight excluding hydrogens is 413 g/mol. The van der Waals surface area contributed by atoms with Crippen molar-refractivity contribution in [2.24, 2.45) is 5.73 Å². The first-order valence-corrected chi connectivity index (χ1v) is 10.6. The molecule has 152 valence electrons. The highest BCUT2D eigenvalue weighted by molar-refractivity contribution is 7.16. The molecular formula is C20H20FN3O3S2. The summed E-state index contributed by atoms with van der Waals surface area (Å²) in [5.41, 5.74) is 6.58. The van der Waals surface area contributed by atoms with E-state index in [1.807, 2.05) is 11.4 Å². The van der Waals surface area contributed by atoms with Gasteiger partial charge in [0.25, 0.3) is 5.91 Å². The molecule has 3 rings (SSSR count). The molecule has 1 atom stereocenters. The first-order chi connectivity index (χ1) is 13.9. The fraction of sp³-hybridized carbons (Fsp3) is 0.250. The number of hydrogen-bond donors (Lipinski definition) is 2. The van der Waals surface area contributed by atoms with Crippen LogP contribution in [0.4, 0.5) is 9.52 Å². The smallest absolute Gasteiger partial charge is 0.306 e. The zero-order valence-electron chi connectivity index (χ0n) is 15.7. The Morgan fingerprint density at radius 1 is 1.24 bits per heavy atom. The summed E-state index contributed by atoms with van der Waals surface area (Å²) in [5, 5.41) is 5.95. The summed E-state index contributed by atoms with van der Waals surface area (Å²) in [6.07, 6.45) is -0.618. The van der Waals surface area contributed by atoms with E-state index in [-0.39, 0.29) is 6.42 Å². The topological polar surface area (TPSA) is 94.3 Å². The van der Waals surface area contributed by atoms with Crippen LogP contribution >= 0.6 is 22.7 Å². The van der Waals surface area contributed by atoms with Gasteiger partial charge in [0.05, 0.1) is 10.6 Å². The van der Waals surface area contributed by atoms with Gasteiger partial charge in [-0.05, 0) is 37.6 Å². The van der Waals surface area contributed by atoms with Crippen molar-refractivity contribution in [3.8, 4) is 10.6 Å². The number of nitrogens with one attached hydrogen (secondary N) is 1. The Bertz CT molecular complexity index is 985. The molecule has 0 radical (unpaired) electrons. The molecule has 0 spiro atoms. The molecule has 1 aromatic carbocycles. The van der Waals surface area contributed by atoms with Crippen LogP contribution in [0.25, 0.3) is 10.6 Å². The Morgan fingerprint density at radius 3 is 2.66 bits per heavy atom. The maximum absolute atomic E-state index is 13.0. The van der Waals surface area contributed by atoms with Gasteiger partial charge in [0.15, 0.2) is 5.13 Å². The van der Waals surface area contributed by atoms with Gasteiger partial charge < -0.3 is 15.8 Å². The molecule has 1 unspecified atom stereocenters. The largest absolute Gasteiger partial charge is 0.447 e. The van der Waals surface area contributed by atoms with Crippen LogP contribution in [-0.2, 0) is 14.3 Å². The van der Waals surface area contributed by atoms with E-state index in [1.54, 1.807) is 11.3 Å². The highest BCUT2D eigenvalue weighted by Crippen LogP contribution is 2.30. The monoisotopic (exact) mass is 433 g/mol. The summed E-state index contributed by atoms with van der Waals surface area (Å²) in [4.78, 5) is 30.5. The second-order valence-electron chi connectivity index (χ2n) is 6.30. The molecule has 3 N–H and O–H groups in total. The van der Waals surface area contributed by atoms with E-state index in [0.29, 0.717) is 18.5 Å². The molecule has 0 aliphatic heterocycles. The highest BCUT2D eigenvalue weighted by Gasteiger charge is 2.22. The average molecular weight is 434 g/mol. The first-order valence-electron chi connectivity index (χ1n) is 8.93. The van der Waals surface area contributed by atoms with Gasteiger partial charge in [-0.2, -0.15) is 0 Å². The highest BCUT2D eigenvalue weighted by atomic mass is 32.1. The number of nitrogens with two attached hydrogens (primary N) is 1. The maximum atomic E-state index is 13.0. The number of halogens is 1. The van der Waals surface area contributed by atoms with Crippen molar-refractivity contribution >= 4 is 39.7 Å². The predicted molar refractivity (Wildman–Crippen MR) is 112 cm³/mol. The fourth-order valence-electron chi connectivity index (χ4n) is 2.59. The second kappa shape index (κ2) is 9.62. The van der Waals surface area contributed by atoms with Crippen molar-refractivity contribution in [1.82, 2.24) is 4.98 Å². The zero-order valence-corrected chi connectivity index (χ0v) is 17.3. The van der Waals surface area contributed by atoms with Crippen LogP contribution in [0.1, 0.15) is 29.4 Å². The van der Waals surface area contributed by atoms with Gasteiger partial charge >= 0.3 is 5.97 Å². The molecule has 29 heavy (non-hydrogen) atoms. The molecule has 2 heterocycles. The number of aryl methyl sites for hydroxylation is 1. The second-order valence-corrected chi connectivity index (χ2v) is 8.45. The molecule has 1 amide bonds.